The first-order chi connectivity index (χ1) is 6.20. The molecule has 3 nitrogen and oxygen atoms in total. The number of aromatic amines is 1. The van der Waals surface area contributed by atoms with Gasteiger partial charge in [-0.1, -0.05) is 12.7 Å². The maximum atomic E-state index is 13.1. The standard InChI is InChI=1S/C9H6FNO2.H2/c1-2-5-3-8-7(4-6(5)10)11-9(12)13-8;/h2-4H,1H2,(H,11,12);1H. The van der Waals surface area contributed by atoms with Gasteiger partial charge in [0.05, 0.1) is 5.52 Å². The van der Waals surface area contributed by atoms with Crippen LogP contribution >= 0.6 is 0 Å². The highest BCUT2D eigenvalue weighted by molar-refractivity contribution is 5.75. The van der Waals surface area contributed by atoms with Crippen molar-refractivity contribution >= 4 is 17.2 Å². The molecule has 1 heterocycles. The van der Waals surface area contributed by atoms with E-state index in [4.69, 9.17) is 4.42 Å². The second kappa shape index (κ2) is 2.58. The SMILES string of the molecule is C=Cc1cc2oc(=O)[nH]c2cc1F.[HH]. The van der Waals surface area contributed by atoms with E-state index < -0.39 is 11.6 Å². The van der Waals surface area contributed by atoms with Crippen LogP contribution in [0.2, 0.25) is 0 Å². The lowest BCUT2D eigenvalue weighted by molar-refractivity contribution is 0.554. The van der Waals surface area contributed by atoms with E-state index in [1.165, 1.54) is 18.2 Å². The Kier molecular flexibility index (Phi) is 1.55. The fraction of sp³-hybridized carbons (Fsp3) is 0. The zero-order valence-electron chi connectivity index (χ0n) is 6.63. The summed E-state index contributed by atoms with van der Waals surface area (Å²) < 4.78 is 17.8. The fourth-order valence-electron chi connectivity index (χ4n) is 1.14. The lowest BCUT2D eigenvalue weighted by atomic mass is 10.2. The Hall–Kier alpha value is -1.84. The Morgan fingerprint density at radius 1 is 1.62 bits per heavy atom. The summed E-state index contributed by atoms with van der Waals surface area (Å²) in [7, 11) is 0. The van der Waals surface area contributed by atoms with Crippen molar-refractivity contribution in [1.82, 2.24) is 4.98 Å². The number of H-pyrrole nitrogens is 1. The van der Waals surface area contributed by atoms with Gasteiger partial charge in [-0.3, -0.25) is 4.98 Å². The van der Waals surface area contributed by atoms with E-state index in [1.54, 1.807) is 0 Å². The molecule has 2 rings (SSSR count). The Labute approximate surface area is 74.0 Å². The number of halogens is 1. The highest BCUT2D eigenvalue weighted by Crippen LogP contribution is 2.16. The van der Waals surface area contributed by atoms with Gasteiger partial charge in [-0.2, -0.15) is 0 Å². The van der Waals surface area contributed by atoms with Gasteiger partial charge >= 0.3 is 5.76 Å². The molecule has 0 aliphatic carbocycles. The van der Waals surface area contributed by atoms with E-state index in [1.807, 2.05) is 0 Å². The molecule has 0 radical (unpaired) electrons. The molecule has 2 aromatic rings. The van der Waals surface area contributed by atoms with Crippen molar-refractivity contribution in [2.24, 2.45) is 0 Å². The van der Waals surface area contributed by atoms with Crippen LogP contribution in [0.5, 0.6) is 0 Å². The third-order valence-electron chi connectivity index (χ3n) is 1.76. The van der Waals surface area contributed by atoms with Crippen LogP contribution < -0.4 is 5.76 Å². The fourth-order valence-corrected chi connectivity index (χ4v) is 1.14. The average Bonchev–Trinajstić information content (AvgIpc) is 2.42. The number of nitrogens with one attached hydrogen (secondary N) is 1. The van der Waals surface area contributed by atoms with Crippen molar-refractivity contribution in [1.29, 1.82) is 0 Å². The molecule has 0 bridgehead atoms. The van der Waals surface area contributed by atoms with E-state index in [-0.39, 0.29) is 1.43 Å². The van der Waals surface area contributed by atoms with Crippen molar-refractivity contribution in [3.63, 3.8) is 0 Å². The average molecular weight is 181 g/mol. The summed E-state index contributed by atoms with van der Waals surface area (Å²) in [5.41, 5.74) is 1.00. The van der Waals surface area contributed by atoms with Crippen molar-refractivity contribution in [2.45, 2.75) is 0 Å². The predicted octanol–water partition coefficient (Wildman–Crippen LogP) is 2.15. The highest BCUT2D eigenvalue weighted by atomic mass is 19.1. The summed E-state index contributed by atoms with van der Waals surface area (Å²) in [6, 6.07) is 2.63. The second-order valence-electron chi connectivity index (χ2n) is 2.59. The minimum atomic E-state index is -0.587. The largest absolute Gasteiger partial charge is 0.417 e. The molecule has 0 fully saturated rings. The van der Waals surface area contributed by atoms with Gasteiger partial charge < -0.3 is 4.42 Å². The van der Waals surface area contributed by atoms with Crippen LogP contribution in [0.25, 0.3) is 17.2 Å². The van der Waals surface area contributed by atoms with Gasteiger partial charge in [-0.15, -0.1) is 0 Å². The summed E-state index contributed by atoms with van der Waals surface area (Å²) in [6.07, 6.45) is 1.36. The molecule has 1 N–H and O–H groups in total. The van der Waals surface area contributed by atoms with Crippen LogP contribution in [0.15, 0.2) is 27.9 Å². The van der Waals surface area contributed by atoms with Crippen LogP contribution in [-0.4, -0.2) is 4.98 Å². The molecule has 0 unspecified atom stereocenters. The monoisotopic (exact) mass is 181 g/mol. The van der Waals surface area contributed by atoms with E-state index in [0.717, 1.165) is 0 Å². The highest BCUT2D eigenvalue weighted by Gasteiger charge is 2.05. The number of aromatic nitrogens is 1. The first kappa shape index (κ1) is 7.79. The number of oxazole rings is 1. The summed E-state index contributed by atoms with van der Waals surface area (Å²) in [5.74, 6) is -1.02. The zero-order valence-corrected chi connectivity index (χ0v) is 6.63. The van der Waals surface area contributed by atoms with Gasteiger partial charge in [0.1, 0.15) is 5.82 Å². The lowest BCUT2D eigenvalue weighted by Gasteiger charge is -1.94. The Morgan fingerprint density at radius 2 is 2.38 bits per heavy atom. The van der Waals surface area contributed by atoms with E-state index in [2.05, 4.69) is 11.6 Å². The summed E-state index contributed by atoms with van der Waals surface area (Å²) in [4.78, 5) is 13.1. The molecular weight excluding hydrogens is 173 g/mol. The minimum Gasteiger partial charge on any atom is -0.408 e. The molecule has 0 amide bonds. The van der Waals surface area contributed by atoms with Crippen LogP contribution in [0, 0.1) is 5.82 Å². The summed E-state index contributed by atoms with van der Waals surface area (Å²) in [6.45, 7) is 3.44. The lowest BCUT2D eigenvalue weighted by Crippen LogP contribution is -1.92. The smallest absolute Gasteiger partial charge is 0.408 e. The van der Waals surface area contributed by atoms with Crippen LogP contribution in [-0.2, 0) is 0 Å². The first-order valence-electron chi connectivity index (χ1n) is 3.65. The van der Waals surface area contributed by atoms with E-state index in [9.17, 15) is 9.18 Å². The minimum absolute atomic E-state index is 0. The van der Waals surface area contributed by atoms with E-state index >= 15 is 0 Å². The predicted molar refractivity (Wildman–Crippen MR) is 49.0 cm³/mol. The number of hydrogen-bond donors (Lipinski definition) is 1. The topological polar surface area (TPSA) is 46.0 Å². The number of benzene rings is 1. The van der Waals surface area contributed by atoms with Gasteiger partial charge in [-0.25, -0.2) is 9.18 Å². The zero-order chi connectivity index (χ0) is 9.42. The molecule has 13 heavy (non-hydrogen) atoms. The third kappa shape index (κ3) is 1.16. The Morgan fingerprint density at radius 3 is 3.08 bits per heavy atom. The maximum Gasteiger partial charge on any atom is 0.417 e. The number of fused-ring (bicyclic) bond motifs is 1. The Balaban J connectivity index is 0.000000980. The molecular formula is C9H8FNO2. The van der Waals surface area contributed by atoms with Crippen molar-refractivity contribution in [3.8, 4) is 0 Å². The van der Waals surface area contributed by atoms with Gasteiger partial charge in [0.15, 0.2) is 5.58 Å². The van der Waals surface area contributed by atoms with Crippen molar-refractivity contribution in [3.05, 3.63) is 40.6 Å². The quantitative estimate of drug-likeness (QED) is 0.732. The van der Waals surface area contributed by atoms with Gasteiger partial charge in [0.2, 0.25) is 0 Å². The molecule has 1 aromatic heterocycles. The van der Waals surface area contributed by atoms with E-state index in [0.29, 0.717) is 16.7 Å². The van der Waals surface area contributed by atoms with Crippen molar-refractivity contribution < 1.29 is 10.2 Å². The van der Waals surface area contributed by atoms with Crippen molar-refractivity contribution in [2.75, 3.05) is 0 Å². The molecule has 0 aliphatic heterocycles. The molecule has 0 atom stereocenters. The first-order valence-corrected chi connectivity index (χ1v) is 3.65. The molecule has 1 aromatic carbocycles. The normalized spacial score (nSPS) is 10.5. The van der Waals surface area contributed by atoms with Gasteiger partial charge in [0, 0.05) is 13.1 Å². The summed E-state index contributed by atoms with van der Waals surface area (Å²) >= 11 is 0. The van der Waals surface area contributed by atoms with Gasteiger partial charge in [-0.05, 0) is 6.07 Å². The third-order valence-corrected chi connectivity index (χ3v) is 1.76. The van der Waals surface area contributed by atoms with Crippen LogP contribution in [0.1, 0.15) is 6.99 Å². The second-order valence-corrected chi connectivity index (χ2v) is 2.59. The number of hydrogen-bond acceptors (Lipinski definition) is 2. The summed E-state index contributed by atoms with van der Waals surface area (Å²) in [5, 5.41) is 0. The molecule has 4 heteroatoms. The van der Waals surface area contributed by atoms with Crippen LogP contribution in [0.3, 0.4) is 0 Å². The van der Waals surface area contributed by atoms with Gasteiger partial charge in [0.25, 0.3) is 0 Å². The molecule has 68 valence electrons. The molecule has 0 saturated heterocycles. The molecule has 0 spiro atoms. The number of rotatable bonds is 1. The molecule has 0 aliphatic rings. The van der Waals surface area contributed by atoms with Crippen LogP contribution in [0.4, 0.5) is 4.39 Å². The maximum absolute atomic E-state index is 13.1. The molecule has 0 saturated carbocycles. The Bertz CT molecular complexity index is 529.